The average Bonchev–Trinajstić information content (AvgIpc) is 3.21. The Labute approximate surface area is 167 Å². The van der Waals surface area contributed by atoms with Crippen LogP contribution in [0.4, 0.5) is 10.2 Å². The van der Waals surface area contributed by atoms with Crippen LogP contribution in [-0.4, -0.2) is 45.7 Å². The molecule has 3 aliphatic heterocycles. The molecule has 2 atom stereocenters. The summed E-state index contributed by atoms with van der Waals surface area (Å²) in [5.41, 5.74) is -0.242. The largest absolute Gasteiger partial charge is 0.356 e. The maximum absolute atomic E-state index is 14.3. The second-order valence-electron chi connectivity index (χ2n) is 7.58. The number of ether oxygens (including phenoxy) is 1. The third-order valence-electron chi connectivity index (χ3n) is 6.10. The number of fused-ring (bicyclic) bond motifs is 1. The Morgan fingerprint density at radius 3 is 2.71 bits per heavy atom. The zero-order valence-corrected chi connectivity index (χ0v) is 16.0. The Morgan fingerprint density at radius 1 is 1.18 bits per heavy atom. The first-order chi connectivity index (χ1) is 13.6. The molecule has 3 saturated heterocycles. The maximum Gasteiger partial charge on any atom is 0.257 e. The van der Waals surface area contributed by atoms with Gasteiger partial charge in [-0.2, -0.15) is 0 Å². The molecule has 3 aliphatic rings. The van der Waals surface area contributed by atoms with Crippen LogP contribution >= 0.6 is 11.6 Å². The summed E-state index contributed by atoms with van der Waals surface area (Å²) >= 11 is 5.97. The Balaban J connectivity index is 1.35. The standard InChI is InChI=1S/C20H20ClFN4O2/c21-16-11-17(24-12-23-16)25-9-7-20(8-10-25)19(27)26-15(5-6-18(26)28-20)13-3-1-2-4-14(13)22/h1-4,11-12,15,18H,5-10H2. The van der Waals surface area contributed by atoms with Gasteiger partial charge in [0.15, 0.2) is 5.60 Å². The molecule has 3 fully saturated rings. The minimum atomic E-state index is -0.818. The first kappa shape index (κ1) is 17.8. The normalized spacial score (nSPS) is 26.1. The summed E-state index contributed by atoms with van der Waals surface area (Å²) in [6.07, 6.45) is 3.78. The molecule has 1 spiro atoms. The van der Waals surface area contributed by atoms with E-state index in [0.717, 1.165) is 18.7 Å². The molecule has 146 valence electrons. The summed E-state index contributed by atoms with van der Waals surface area (Å²) in [7, 11) is 0. The highest BCUT2D eigenvalue weighted by Gasteiger charge is 2.58. The molecule has 28 heavy (non-hydrogen) atoms. The van der Waals surface area contributed by atoms with Crippen LogP contribution in [0, 0.1) is 5.82 Å². The first-order valence-electron chi connectivity index (χ1n) is 9.55. The fourth-order valence-electron chi connectivity index (χ4n) is 4.69. The van der Waals surface area contributed by atoms with Crippen LogP contribution < -0.4 is 4.90 Å². The number of aromatic nitrogens is 2. The van der Waals surface area contributed by atoms with E-state index in [1.807, 2.05) is 6.07 Å². The van der Waals surface area contributed by atoms with Gasteiger partial charge in [-0.05, 0) is 18.9 Å². The predicted molar refractivity (Wildman–Crippen MR) is 101 cm³/mol. The Kier molecular flexibility index (Phi) is 4.25. The second kappa shape index (κ2) is 6.67. The van der Waals surface area contributed by atoms with Crippen molar-refractivity contribution >= 4 is 23.3 Å². The van der Waals surface area contributed by atoms with Crippen molar-refractivity contribution in [3.05, 3.63) is 53.2 Å². The van der Waals surface area contributed by atoms with Crippen molar-refractivity contribution in [2.24, 2.45) is 0 Å². The number of halogens is 2. The van der Waals surface area contributed by atoms with Gasteiger partial charge in [0.1, 0.15) is 29.3 Å². The number of amides is 1. The van der Waals surface area contributed by atoms with Crippen LogP contribution in [0.2, 0.25) is 5.15 Å². The van der Waals surface area contributed by atoms with E-state index in [2.05, 4.69) is 14.9 Å². The van der Waals surface area contributed by atoms with Crippen LogP contribution in [0.25, 0.3) is 0 Å². The fraction of sp³-hybridized carbons (Fsp3) is 0.450. The number of anilines is 1. The molecule has 0 aliphatic carbocycles. The Morgan fingerprint density at radius 2 is 1.96 bits per heavy atom. The van der Waals surface area contributed by atoms with E-state index in [1.165, 1.54) is 12.4 Å². The van der Waals surface area contributed by atoms with Gasteiger partial charge in [-0.25, -0.2) is 14.4 Å². The molecule has 1 aromatic carbocycles. The number of rotatable bonds is 2. The van der Waals surface area contributed by atoms with Crippen molar-refractivity contribution in [3.63, 3.8) is 0 Å². The molecular weight excluding hydrogens is 383 g/mol. The SMILES string of the molecule is O=C1N2C(CCC2c2ccccc2F)OC12CCN(c1cc(Cl)ncn1)CC2. The quantitative estimate of drug-likeness (QED) is 0.721. The van der Waals surface area contributed by atoms with Gasteiger partial charge in [0.05, 0.1) is 6.04 Å². The van der Waals surface area contributed by atoms with E-state index in [1.54, 1.807) is 23.1 Å². The molecule has 2 aromatic rings. The van der Waals surface area contributed by atoms with E-state index in [9.17, 15) is 9.18 Å². The van der Waals surface area contributed by atoms with Gasteiger partial charge >= 0.3 is 0 Å². The van der Waals surface area contributed by atoms with Crippen LogP contribution in [0.15, 0.2) is 36.7 Å². The Bertz CT molecular complexity index is 919. The molecule has 2 unspecified atom stereocenters. The highest BCUT2D eigenvalue weighted by atomic mass is 35.5. The molecule has 5 rings (SSSR count). The molecule has 8 heteroatoms. The summed E-state index contributed by atoms with van der Waals surface area (Å²) in [5.74, 6) is 0.478. The molecule has 4 heterocycles. The van der Waals surface area contributed by atoms with Gasteiger partial charge in [0.2, 0.25) is 0 Å². The monoisotopic (exact) mass is 402 g/mol. The summed E-state index contributed by atoms with van der Waals surface area (Å²) in [4.78, 5) is 25.4. The van der Waals surface area contributed by atoms with Crippen molar-refractivity contribution in [1.82, 2.24) is 14.9 Å². The highest BCUT2D eigenvalue weighted by molar-refractivity contribution is 6.29. The average molecular weight is 403 g/mol. The lowest BCUT2D eigenvalue weighted by atomic mass is 9.89. The number of carbonyl (C=O) groups excluding carboxylic acids is 1. The highest BCUT2D eigenvalue weighted by Crippen LogP contribution is 2.48. The number of hydrogen-bond donors (Lipinski definition) is 0. The van der Waals surface area contributed by atoms with Gasteiger partial charge < -0.3 is 14.5 Å². The molecule has 1 amide bonds. The number of piperidine rings is 1. The van der Waals surface area contributed by atoms with Gasteiger partial charge in [-0.1, -0.05) is 29.8 Å². The summed E-state index contributed by atoms with van der Waals surface area (Å²) in [6.45, 7) is 1.29. The van der Waals surface area contributed by atoms with Crippen LogP contribution in [-0.2, 0) is 9.53 Å². The van der Waals surface area contributed by atoms with Crippen molar-refractivity contribution in [3.8, 4) is 0 Å². The zero-order chi connectivity index (χ0) is 19.3. The third-order valence-corrected chi connectivity index (χ3v) is 6.30. The lowest BCUT2D eigenvalue weighted by Gasteiger charge is -2.38. The van der Waals surface area contributed by atoms with Gasteiger partial charge in [-0.3, -0.25) is 4.79 Å². The minimum Gasteiger partial charge on any atom is -0.356 e. The fourth-order valence-corrected chi connectivity index (χ4v) is 4.83. The van der Waals surface area contributed by atoms with E-state index >= 15 is 0 Å². The van der Waals surface area contributed by atoms with Gasteiger partial charge in [0.25, 0.3) is 5.91 Å². The molecular formula is C20H20ClFN4O2. The number of carbonyl (C=O) groups is 1. The molecule has 1 aromatic heterocycles. The third kappa shape index (κ3) is 2.76. The van der Waals surface area contributed by atoms with E-state index in [4.69, 9.17) is 16.3 Å². The molecule has 0 radical (unpaired) electrons. The first-order valence-corrected chi connectivity index (χ1v) is 9.93. The lowest BCUT2D eigenvalue weighted by molar-refractivity contribution is -0.140. The van der Waals surface area contributed by atoms with Crippen LogP contribution in [0.1, 0.15) is 37.3 Å². The molecule has 0 saturated carbocycles. The maximum atomic E-state index is 14.3. The van der Waals surface area contributed by atoms with E-state index < -0.39 is 5.60 Å². The second-order valence-corrected chi connectivity index (χ2v) is 7.97. The van der Waals surface area contributed by atoms with Crippen molar-refractivity contribution < 1.29 is 13.9 Å². The minimum absolute atomic E-state index is 0.0105. The lowest BCUT2D eigenvalue weighted by Crippen LogP contribution is -2.50. The van der Waals surface area contributed by atoms with E-state index in [-0.39, 0.29) is 24.0 Å². The molecule has 6 nitrogen and oxygen atoms in total. The van der Waals surface area contributed by atoms with Gasteiger partial charge in [0, 0.05) is 37.6 Å². The van der Waals surface area contributed by atoms with E-state index in [0.29, 0.717) is 36.6 Å². The van der Waals surface area contributed by atoms with Crippen LogP contribution in [0.3, 0.4) is 0 Å². The van der Waals surface area contributed by atoms with Crippen LogP contribution in [0.5, 0.6) is 0 Å². The topological polar surface area (TPSA) is 58.6 Å². The van der Waals surface area contributed by atoms with Crippen molar-refractivity contribution in [1.29, 1.82) is 0 Å². The number of hydrogen-bond acceptors (Lipinski definition) is 5. The summed E-state index contributed by atoms with van der Waals surface area (Å²) in [6, 6.07) is 8.17. The summed E-state index contributed by atoms with van der Waals surface area (Å²) in [5, 5.41) is 0.395. The molecule has 0 N–H and O–H groups in total. The molecule has 0 bridgehead atoms. The number of benzene rings is 1. The van der Waals surface area contributed by atoms with Gasteiger partial charge in [-0.15, -0.1) is 0 Å². The van der Waals surface area contributed by atoms with Crippen molar-refractivity contribution in [2.75, 3.05) is 18.0 Å². The number of nitrogens with zero attached hydrogens (tertiary/aromatic N) is 4. The van der Waals surface area contributed by atoms with Crippen molar-refractivity contribution in [2.45, 2.75) is 43.6 Å². The summed E-state index contributed by atoms with van der Waals surface area (Å²) < 4.78 is 20.6. The predicted octanol–water partition coefficient (Wildman–Crippen LogP) is 3.33. The smallest absolute Gasteiger partial charge is 0.257 e. The zero-order valence-electron chi connectivity index (χ0n) is 15.2. The Hall–Kier alpha value is -2.25.